The van der Waals surface area contributed by atoms with Crippen LogP contribution in [0.2, 0.25) is 0 Å². The van der Waals surface area contributed by atoms with Crippen molar-refractivity contribution in [1.29, 1.82) is 0 Å². The molecule has 0 aliphatic heterocycles. The first-order valence-corrected chi connectivity index (χ1v) is 10.6. The number of benzene rings is 1. The van der Waals surface area contributed by atoms with Gasteiger partial charge in [-0.15, -0.1) is 0 Å². The van der Waals surface area contributed by atoms with E-state index in [0.717, 1.165) is 31.2 Å². The molecule has 31 heavy (non-hydrogen) atoms. The first-order chi connectivity index (χ1) is 14.7. The molecule has 1 aromatic heterocycles. The van der Waals surface area contributed by atoms with Gasteiger partial charge in [0, 0.05) is 23.7 Å². The molecule has 1 heterocycles. The number of rotatable bonds is 7. The number of aromatic nitrogens is 1. The Balaban J connectivity index is 1.93. The van der Waals surface area contributed by atoms with E-state index in [-0.39, 0.29) is 35.7 Å². The van der Waals surface area contributed by atoms with Crippen LogP contribution in [0.4, 0.5) is 4.39 Å². The first-order valence-electron chi connectivity index (χ1n) is 10.6. The molecule has 1 aliphatic rings. The molecule has 1 amide bonds. The van der Waals surface area contributed by atoms with Crippen molar-refractivity contribution in [2.24, 2.45) is 5.92 Å². The second kappa shape index (κ2) is 9.45. The fraction of sp³-hybridized carbons (Fsp3) is 0.458. The summed E-state index contributed by atoms with van der Waals surface area (Å²) < 4.78 is 18.1. The molecule has 7 heteroatoms. The van der Waals surface area contributed by atoms with E-state index in [2.05, 4.69) is 4.98 Å². The van der Waals surface area contributed by atoms with Crippen molar-refractivity contribution < 1.29 is 23.5 Å². The Bertz CT molecular complexity index is 974. The molecule has 1 aromatic carbocycles. The number of halogens is 1. The zero-order valence-electron chi connectivity index (χ0n) is 18.5. The van der Waals surface area contributed by atoms with E-state index in [0.29, 0.717) is 16.8 Å². The van der Waals surface area contributed by atoms with Crippen LogP contribution in [-0.4, -0.2) is 40.7 Å². The molecule has 1 aliphatic carbocycles. The van der Waals surface area contributed by atoms with Crippen molar-refractivity contribution in [3.05, 3.63) is 58.2 Å². The minimum atomic E-state index is -0.739. The Kier molecular flexibility index (Phi) is 6.93. The molecule has 1 N–H and O–H groups in total. The predicted molar refractivity (Wildman–Crippen MR) is 114 cm³/mol. The topological polar surface area (TPSA) is 79.5 Å². The molecule has 2 aromatic rings. The molecule has 1 atom stereocenters. The summed E-state index contributed by atoms with van der Waals surface area (Å²) in [5.74, 6) is -1.29. The van der Waals surface area contributed by atoms with Crippen molar-refractivity contribution in [3.63, 3.8) is 0 Å². The van der Waals surface area contributed by atoms with E-state index in [9.17, 15) is 18.8 Å². The van der Waals surface area contributed by atoms with Crippen molar-refractivity contribution in [1.82, 2.24) is 9.88 Å². The van der Waals surface area contributed by atoms with Crippen molar-refractivity contribution in [3.8, 4) is 0 Å². The number of esters is 1. The fourth-order valence-electron chi connectivity index (χ4n) is 4.38. The van der Waals surface area contributed by atoms with Crippen molar-refractivity contribution in [2.75, 3.05) is 7.11 Å². The molecule has 1 fully saturated rings. The highest BCUT2D eigenvalue weighted by Gasteiger charge is 2.35. The van der Waals surface area contributed by atoms with Crippen molar-refractivity contribution >= 4 is 17.7 Å². The second-order valence-electron chi connectivity index (χ2n) is 8.23. The normalized spacial score (nSPS) is 15.0. The lowest BCUT2D eigenvalue weighted by Crippen LogP contribution is -2.45. The molecule has 0 radical (unpaired) electrons. The maximum Gasteiger partial charge on any atom is 0.354 e. The van der Waals surface area contributed by atoms with Crippen LogP contribution in [0.25, 0.3) is 0 Å². The lowest BCUT2D eigenvalue weighted by Gasteiger charge is -2.31. The van der Waals surface area contributed by atoms with Crippen LogP contribution in [0.3, 0.4) is 0 Å². The number of carbonyl (C=O) groups is 3. The number of ketones is 1. The van der Waals surface area contributed by atoms with Gasteiger partial charge >= 0.3 is 5.97 Å². The Hall–Kier alpha value is -2.96. The Labute approximate surface area is 181 Å². The Morgan fingerprint density at radius 1 is 1.16 bits per heavy atom. The summed E-state index contributed by atoms with van der Waals surface area (Å²) in [6.45, 7) is 5.35. The van der Waals surface area contributed by atoms with Gasteiger partial charge in [0.1, 0.15) is 11.5 Å². The average Bonchev–Trinajstić information content (AvgIpc) is 3.39. The number of aromatic amines is 1. The zero-order chi connectivity index (χ0) is 22.7. The number of nitrogens with zero attached hydrogens (tertiary/aromatic N) is 1. The maximum absolute atomic E-state index is 13.5. The van der Waals surface area contributed by atoms with Gasteiger partial charge in [-0.3, -0.25) is 9.59 Å². The number of nitrogens with one attached hydrogen (secondary N) is 1. The smallest absolute Gasteiger partial charge is 0.354 e. The number of ether oxygens (including phenoxy) is 1. The van der Waals surface area contributed by atoms with E-state index in [1.807, 2.05) is 0 Å². The van der Waals surface area contributed by atoms with Gasteiger partial charge in [0.25, 0.3) is 0 Å². The standard InChI is InChI=1S/C24H29FN2O4/c1-14-20(15(2)26-21(14)24(30)31-4)22(28)16(3)27(23(29)18-7-5-6-8-18)13-17-9-11-19(25)12-10-17/h9-12,16,18,26H,5-8,13H2,1-4H3. The van der Waals surface area contributed by atoms with Crippen LogP contribution in [0.5, 0.6) is 0 Å². The summed E-state index contributed by atoms with van der Waals surface area (Å²) >= 11 is 0. The van der Waals surface area contributed by atoms with E-state index >= 15 is 0 Å². The molecule has 1 saturated carbocycles. The quantitative estimate of drug-likeness (QED) is 0.525. The van der Waals surface area contributed by atoms with Gasteiger partial charge in [0.2, 0.25) is 5.91 Å². The summed E-state index contributed by atoms with van der Waals surface area (Å²) in [7, 11) is 1.28. The van der Waals surface area contributed by atoms with Crippen LogP contribution in [0.15, 0.2) is 24.3 Å². The molecule has 6 nitrogen and oxygen atoms in total. The maximum atomic E-state index is 13.5. The summed E-state index contributed by atoms with van der Waals surface area (Å²) in [5, 5.41) is 0. The minimum absolute atomic E-state index is 0.0540. The minimum Gasteiger partial charge on any atom is -0.464 e. The summed E-state index contributed by atoms with van der Waals surface area (Å²) in [6.07, 6.45) is 3.63. The number of hydrogen-bond donors (Lipinski definition) is 1. The molecule has 3 rings (SSSR count). The lowest BCUT2D eigenvalue weighted by atomic mass is 9.97. The predicted octanol–water partition coefficient (Wildman–Crippen LogP) is 4.35. The van der Waals surface area contributed by atoms with Gasteiger partial charge in [0.05, 0.1) is 13.2 Å². The van der Waals surface area contributed by atoms with Gasteiger partial charge < -0.3 is 14.6 Å². The highest BCUT2D eigenvalue weighted by molar-refractivity contribution is 6.06. The molecule has 0 bridgehead atoms. The van der Waals surface area contributed by atoms with Gasteiger partial charge in [-0.05, 0) is 56.9 Å². The summed E-state index contributed by atoms with van der Waals surface area (Å²) in [4.78, 5) is 43.4. The molecule has 0 spiro atoms. The average molecular weight is 429 g/mol. The second-order valence-corrected chi connectivity index (χ2v) is 8.23. The number of H-pyrrole nitrogens is 1. The monoisotopic (exact) mass is 428 g/mol. The van der Waals surface area contributed by atoms with Crippen LogP contribution in [-0.2, 0) is 16.1 Å². The molecule has 1 unspecified atom stereocenters. The van der Waals surface area contributed by atoms with Gasteiger partial charge in [-0.2, -0.15) is 0 Å². The van der Waals surface area contributed by atoms with E-state index in [4.69, 9.17) is 4.74 Å². The van der Waals surface area contributed by atoms with E-state index in [1.54, 1.807) is 37.8 Å². The molecular weight excluding hydrogens is 399 g/mol. The number of carbonyl (C=O) groups excluding carboxylic acids is 3. The highest BCUT2D eigenvalue weighted by Crippen LogP contribution is 2.29. The molecule has 166 valence electrons. The van der Waals surface area contributed by atoms with Crippen LogP contribution in [0, 0.1) is 25.6 Å². The van der Waals surface area contributed by atoms with Crippen LogP contribution < -0.4 is 0 Å². The fourth-order valence-corrected chi connectivity index (χ4v) is 4.38. The number of amides is 1. The SMILES string of the molecule is COC(=O)c1[nH]c(C)c(C(=O)C(C)N(Cc2ccc(F)cc2)C(=O)C2CCCC2)c1C. The number of methoxy groups -OCH3 is 1. The third-order valence-electron chi connectivity index (χ3n) is 6.17. The molecule has 0 saturated heterocycles. The first kappa shape index (κ1) is 22.7. The molecular formula is C24H29FN2O4. The van der Waals surface area contributed by atoms with Gasteiger partial charge in [0.15, 0.2) is 5.78 Å². The lowest BCUT2D eigenvalue weighted by molar-refractivity contribution is -0.137. The largest absolute Gasteiger partial charge is 0.464 e. The number of hydrogen-bond acceptors (Lipinski definition) is 4. The number of Topliss-reactive ketones (excluding diaryl/α,β-unsaturated/α-hetero) is 1. The third-order valence-corrected chi connectivity index (χ3v) is 6.17. The Morgan fingerprint density at radius 2 is 1.77 bits per heavy atom. The van der Waals surface area contributed by atoms with Crippen molar-refractivity contribution in [2.45, 2.75) is 59.0 Å². The third kappa shape index (κ3) is 4.70. The zero-order valence-corrected chi connectivity index (χ0v) is 18.5. The summed E-state index contributed by atoms with van der Waals surface area (Å²) in [6, 6.07) is 5.22. The number of aryl methyl sites for hydroxylation is 1. The summed E-state index contributed by atoms with van der Waals surface area (Å²) in [5.41, 5.74) is 2.46. The van der Waals surface area contributed by atoms with Gasteiger partial charge in [-0.1, -0.05) is 25.0 Å². The van der Waals surface area contributed by atoms with Gasteiger partial charge in [-0.25, -0.2) is 9.18 Å². The van der Waals surface area contributed by atoms with Crippen LogP contribution >= 0.6 is 0 Å². The van der Waals surface area contributed by atoms with Crippen LogP contribution in [0.1, 0.15) is 70.3 Å². The van der Waals surface area contributed by atoms with E-state index < -0.39 is 12.0 Å². The Morgan fingerprint density at radius 3 is 2.35 bits per heavy atom. The van der Waals surface area contributed by atoms with E-state index in [1.165, 1.54) is 19.2 Å². The highest BCUT2D eigenvalue weighted by atomic mass is 19.1.